The van der Waals surface area contributed by atoms with E-state index in [2.05, 4.69) is 0 Å². The van der Waals surface area contributed by atoms with E-state index in [0.29, 0.717) is 11.1 Å². The molecule has 0 aliphatic carbocycles. The summed E-state index contributed by atoms with van der Waals surface area (Å²) in [7, 11) is 0. The van der Waals surface area contributed by atoms with Crippen LogP contribution >= 0.6 is 0 Å². The third-order valence-electron chi connectivity index (χ3n) is 2.85. The second-order valence-electron chi connectivity index (χ2n) is 4.08. The van der Waals surface area contributed by atoms with E-state index in [9.17, 15) is 0 Å². The fourth-order valence-corrected chi connectivity index (χ4v) is 1.93. The summed E-state index contributed by atoms with van der Waals surface area (Å²) in [4.78, 5) is 0. The maximum absolute atomic E-state index is 8.13. The average molecular weight is 233 g/mol. The van der Waals surface area contributed by atoms with Gasteiger partial charge in [-0.15, -0.1) is 0 Å². The van der Waals surface area contributed by atoms with E-state index in [-0.39, 0.29) is 18.1 Å². The van der Waals surface area contributed by atoms with Crippen molar-refractivity contribution >= 4 is 0 Å². The number of hydrogen-bond acceptors (Lipinski definition) is 0. The molecule has 0 bridgehead atoms. The van der Waals surface area contributed by atoms with E-state index in [1.165, 1.54) is 0 Å². The van der Waals surface area contributed by atoms with Crippen LogP contribution in [0.5, 0.6) is 0 Å². The standard InChI is InChI=1S/C18H14/c1-3-8-15(9-4-1)17-12-7-13-18(14-17)16-10-5-2-6-11-16/h1-14H/i7D,12D,13D. The molecule has 0 nitrogen and oxygen atoms in total. The summed E-state index contributed by atoms with van der Waals surface area (Å²) < 4.78 is 24.3. The average Bonchev–Trinajstić information content (AvgIpc) is 2.55. The minimum atomic E-state index is -0.0322. The molecule has 0 saturated heterocycles. The fraction of sp³-hybridized carbons (Fsp3) is 0. The molecule has 18 heavy (non-hydrogen) atoms. The molecular weight excluding hydrogens is 216 g/mol. The minimum Gasteiger partial charge on any atom is -0.0622 e. The molecule has 0 N–H and O–H groups in total. The van der Waals surface area contributed by atoms with Crippen LogP contribution in [0.2, 0.25) is 0 Å². The lowest BCUT2D eigenvalue weighted by molar-refractivity contribution is 1.59. The van der Waals surface area contributed by atoms with Crippen LogP contribution in [-0.4, -0.2) is 0 Å². The van der Waals surface area contributed by atoms with E-state index in [0.717, 1.165) is 11.1 Å². The lowest BCUT2D eigenvalue weighted by Crippen LogP contribution is -1.80. The second-order valence-corrected chi connectivity index (χ2v) is 4.08. The normalized spacial score (nSPS) is 12.6. The van der Waals surface area contributed by atoms with Crippen LogP contribution in [0.1, 0.15) is 4.11 Å². The molecule has 3 rings (SSSR count). The van der Waals surface area contributed by atoms with Crippen molar-refractivity contribution in [3.8, 4) is 22.3 Å². The first-order valence-corrected chi connectivity index (χ1v) is 5.90. The van der Waals surface area contributed by atoms with Gasteiger partial charge in [0, 0.05) is 0 Å². The van der Waals surface area contributed by atoms with Crippen LogP contribution in [-0.2, 0) is 0 Å². The molecule has 0 spiro atoms. The predicted molar refractivity (Wildman–Crippen MR) is 77.3 cm³/mol. The van der Waals surface area contributed by atoms with Gasteiger partial charge in [0.1, 0.15) is 0 Å². The Kier molecular flexibility index (Phi) is 2.14. The van der Waals surface area contributed by atoms with Gasteiger partial charge in [-0.2, -0.15) is 0 Å². The van der Waals surface area contributed by atoms with Gasteiger partial charge in [-0.1, -0.05) is 78.8 Å². The zero-order valence-corrected chi connectivity index (χ0v) is 9.85. The van der Waals surface area contributed by atoms with Crippen molar-refractivity contribution in [3.63, 3.8) is 0 Å². The van der Waals surface area contributed by atoms with Crippen LogP contribution in [0.15, 0.2) is 84.9 Å². The van der Waals surface area contributed by atoms with Crippen molar-refractivity contribution < 1.29 is 4.11 Å². The Morgan fingerprint density at radius 2 is 1.00 bits per heavy atom. The highest BCUT2D eigenvalue weighted by molar-refractivity contribution is 5.72. The summed E-state index contributed by atoms with van der Waals surface area (Å²) in [5.41, 5.74) is 3.17. The van der Waals surface area contributed by atoms with Crippen molar-refractivity contribution in [1.29, 1.82) is 0 Å². The Labute approximate surface area is 112 Å². The molecular formula is C18H14. The summed E-state index contributed by atoms with van der Waals surface area (Å²) in [6.45, 7) is 0. The first-order chi connectivity index (χ1) is 10.2. The van der Waals surface area contributed by atoms with E-state index in [4.69, 9.17) is 4.11 Å². The molecule has 3 aromatic rings. The van der Waals surface area contributed by atoms with E-state index in [1.54, 1.807) is 0 Å². The molecule has 86 valence electrons. The largest absolute Gasteiger partial charge is 0.0629 e. The van der Waals surface area contributed by atoms with Gasteiger partial charge in [-0.25, -0.2) is 0 Å². The Hall–Kier alpha value is -2.34. The quantitative estimate of drug-likeness (QED) is 0.583. The number of rotatable bonds is 2. The van der Waals surface area contributed by atoms with E-state index < -0.39 is 0 Å². The van der Waals surface area contributed by atoms with Gasteiger partial charge in [0.15, 0.2) is 0 Å². The van der Waals surface area contributed by atoms with Gasteiger partial charge < -0.3 is 0 Å². The zero-order chi connectivity index (χ0) is 14.8. The third-order valence-corrected chi connectivity index (χ3v) is 2.85. The van der Waals surface area contributed by atoms with Crippen molar-refractivity contribution in [2.75, 3.05) is 0 Å². The molecule has 0 atom stereocenters. The van der Waals surface area contributed by atoms with Crippen molar-refractivity contribution in [2.24, 2.45) is 0 Å². The molecule has 3 aromatic carbocycles. The Bertz CT molecular complexity index is 702. The van der Waals surface area contributed by atoms with E-state index in [1.807, 2.05) is 66.7 Å². The molecule has 0 unspecified atom stereocenters. The van der Waals surface area contributed by atoms with Crippen molar-refractivity contribution in [1.82, 2.24) is 0 Å². The Morgan fingerprint density at radius 3 is 1.44 bits per heavy atom. The summed E-state index contributed by atoms with van der Waals surface area (Å²) in [5, 5.41) is 0. The Morgan fingerprint density at radius 1 is 0.556 bits per heavy atom. The van der Waals surface area contributed by atoms with Gasteiger partial charge in [-0.3, -0.25) is 0 Å². The highest BCUT2D eigenvalue weighted by Gasteiger charge is 2.00. The van der Waals surface area contributed by atoms with Crippen molar-refractivity contribution in [2.45, 2.75) is 0 Å². The van der Waals surface area contributed by atoms with E-state index >= 15 is 0 Å². The molecule has 0 aromatic heterocycles. The predicted octanol–water partition coefficient (Wildman–Crippen LogP) is 5.02. The maximum Gasteiger partial charge on any atom is 0.0629 e. The molecule has 0 saturated carbocycles. The SMILES string of the molecule is [2H]c1c(-c2ccccc2)cc(-c2ccccc2)c([2H])c1[2H]. The molecule has 0 amide bonds. The summed E-state index contributed by atoms with van der Waals surface area (Å²) in [5.74, 6) is 0. The van der Waals surface area contributed by atoms with Gasteiger partial charge in [-0.05, 0) is 28.3 Å². The third kappa shape index (κ3) is 2.18. The fourth-order valence-electron chi connectivity index (χ4n) is 1.93. The maximum atomic E-state index is 8.13. The van der Waals surface area contributed by atoms with Gasteiger partial charge in [0.05, 0.1) is 4.11 Å². The number of hydrogen-bond donors (Lipinski definition) is 0. The topological polar surface area (TPSA) is 0 Å². The molecule has 0 aliphatic heterocycles. The first-order valence-electron chi connectivity index (χ1n) is 7.40. The zero-order valence-electron chi connectivity index (χ0n) is 12.9. The van der Waals surface area contributed by atoms with Crippen LogP contribution in [0, 0.1) is 0 Å². The monoisotopic (exact) mass is 233 g/mol. The molecule has 0 heteroatoms. The lowest BCUT2D eigenvalue weighted by atomic mass is 9.99. The second kappa shape index (κ2) is 4.89. The molecule has 0 heterocycles. The number of benzene rings is 3. The lowest BCUT2D eigenvalue weighted by Gasteiger charge is -2.05. The summed E-state index contributed by atoms with van der Waals surface area (Å²) in [6.07, 6.45) is 0. The first kappa shape index (κ1) is 7.88. The Balaban J connectivity index is 2.26. The summed E-state index contributed by atoms with van der Waals surface area (Å²) >= 11 is 0. The van der Waals surface area contributed by atoms with Crippen LogP contribution in [0.3, 0.4) is 0 Å². The molecule has 0 aliphatic rings. The van der Waals surface area contributed by atoms with Gasteiger partial charge >= 0.3 is 0 Å². The molecule has 0 radical (unpaired) electrons. The van der Waals surface area contributed by atoms with Crippen LogP contribution < -0.4 is 0 Å². The van der Waals surface area contributed by atoms with Gasteiger partial charge in [0.25, 0.3) is 0 Å². The van der Waals surface area contributed by atoms with Crippen LogP contribution in [0.4, 0.5) is 0 Å². The molecule has 0 fully saturated rings. The smallest absolute Gasteiger partial charge is 0.0622 e. The van der Waals surface area contributed by atoms with Crippen molar-refractivity contribution in [3.05, 3.63) is 84.9 Å². The van der Waals surface area contributed by atoms with Gasteiger partial charge in [0.2, 0.25) is 0 Å². The highest BCUT2D eigenvalue weighted by atomic mass is 14.0. The summed E-state index contributed by atoms with van der Waals surface area (Å²) in [6, 6.07) is 21.2. The minimum absolute atomic E-state index is 0.0322. The van der Waals surface area contributed by atoms with Crippen LogP contribution in [0.25, 0.3) is 22.3 Å². The highest BCUT2D eigenvalue weighted by Crippen LogP contribution is 2.25.